The maximum absolute atomic E-state index is 2.47. The summed E-state index contributed by atoms with van der Waals surface area (Å²) in [5, 5.41) is 0.801. The first kappa shape index (κ1) is 15.9. The Hall–Kier alpha value is -0.430. The van der Waals surface area contributed by atoms with Crippen LogP contribution >= 0.6 is 11.8 Å². The van der Waals surface area contributed by atoms with E-state index in [1.54, 1.807) is 16.7 Å². The van der Waals surface area contributed by atoms with E-state index in [1.165, 1.54) is 63.5 Å². The molecule has 0 saturated heterocycles. The molecule has 1 heteroatoms. The normalized spacial score (nSPS) is 13.9. The van der Waals surface area contributed by atoms with Crippen molar-refractivity contribution in [1.82, 2.24) is 0 Å². The van der Waals surface area contributed by atoms with Crippen molar-refractivity contribution in [3.63, 3.8) is 0 Å². The molecule has 0 radical (unpaired) electrons. The van der Waals surface area contributed by atoms with Gasteiger partial charge in [0.15, 0.2) is 0 Å². The average molecular weight is 291 g/mol. The number of aryl methyl sites for hydroxylation is 3. The molecule has 0 amide bonds. The highest BCUT2D eigenvalue weighted by Crippen LogP contribution is 2.23. The Bertz CT molecular complexity index is 395. The predicted octanol–water partition coefficient (Wildman–Crippen LogP) is 5.81. The fraction of sp³-hybridized carbons (Fsp3) is 0.684. The molecule has 0 fully saturated rings. The van der Waals surface area contributed by atoms with Crippen LogP contribution in [0.1, 0.15) is 69.1 Å². The van der Waals surface area contributed by atoms with Crippen LogP contribution in [0.25, 0.3) is 0 Å². The second kappa shape index (κ2) is 8.77. The van der Waals surface area contributed by atoms with Crippen LogP contribution in [0.15, 0.2) is 18.2 Å². The van der Waals surface area contributed by atoms with Gasteiger partial charge in [0, 0.05) is 0 Å². The Morgan fingerprint density at radius 3 is 2.55 bits per heavy atom. The van der Waals surface area contributed by atoms with E-state index in [4.69, 9.17) is 0 Å². The van der Waals surface area contributed by atoms with Crippen molar-refractivity contribution >= 4 is 11.8 Å². The van der Waals surface area contributed by atoms with Gasteiger partial charge in [0.1, 0.15) is 0 Å². The summed E-state index contributed by atoms with van der Waals surface area (Å²) in [6.07, 6.45) is 12.3. The molecular formula is C19H30S. The Morgan fingerprint density at radius 1 is 0.950 bits per heavy atom. The topological polar surface area (TPSA) is 0 Å². The maximum Gasteiger partial charge on any atom is -0.000968 e. The first-order chi connectivity index (χ1) is 9.75. The SMILES string of the molecule is CC(C)SCCCCCCCc1ccc2c(c1)CCC2. The Balaban J connectivity index is 1.53. The third-order valence-corrected chi connectivity index (χ3v) is 5.41. The zero-order valence-electron chi connectivity index (χ0n) is 13.3. The Labute approximate surface area is 129 Å². The van der Waals surface area contributed by atoms with Gasteiger partial charge in [0.25, 0.3) is 0 Å². The number of fused-ring (bicyclic) bond motifs is 1. The van der Waals surface area contributed by atoms with Crippen molar-refractivity contribution in [1.29, 1.82) is 0 Å². The minimum Gasteiger partial charge on any atom is -0.159 e. The van der Waals surface area contributed by atoms with Crippen LogP contribution in [-0.4, -0.2) is 11.0 Å². The summed E-state index contributed by atoms with van der Waals surface area (Å²) in [6.45, 7) is 4.59. The molecule has 0 aromatic heterocycles. The highest BCUT2D eigenvalue weighted by molar-refractivity contribution is 7.99. The number of hydrogen-bond acceptors (Lipinski definition) is 1. The van der Waals surface area contributed by atoms with Crippen LogP contribution in [0.3, 0.4) is 0 Å². The van der Waals surface area contributed by atoms with E-state index < -0.39 is 0 Å². The van der Waals surface area contributed by atoms with Gasteiger partial charge in [-0.25, -0.2) is 0 Å². The van der Waals surface area contributed by atoms with Crippen LogP contribution in [0.5, 0.6) is 0 Å². The molecule has 0 atom stereocenters. The molecule has 1 aliphatic rings. The number of benzene rings is 1. The lowest BCUT2D eigenvalue weighted by Gasteiger charge is -2.06. The van der Waals surface area contributed by atoms with E-state index in [1.807, 2.05) is 0 Å². The van der Waals surface area contributed by atoms with E-state index in [9.17, 15) is 0 Å². The first-order valence-corrected chi connectivity index (χ1v) is 9.53. The predicted molar refractivity (Wildman–Crippen MR) is 92.9 cm³/mol. The number of hydrogen-bond donors (Lipinski definition) is 0. The van der Waals surface area contributed by atoms with Gasteiger partial charge in [-0.3, -0.25) is 0 Å². The summed E-state index contributed by atoms with van der Waals surface area (Å²) in [7, 11) is 0. The summed E-state index contributed by atoms with van der Waals surface area (Å²) < 4.78 is 0. The number of thioether (sulfide) groups is 1. The number of rotatable bonds is 9. The monoisotopic (exact) mass is 290 g/mol. The molecule has 0 bridgehead atoms. The van der Waals surface area contributed by atoms with E-state index in [2.05, 4.69) is 43.8 Å². The zero-order valence-corrected chi connectivity index (χ0v) is 14.1. The zero-order chi connectivity index (χ0) is 14.2. The second-order valence-corrected chi connectivity index (χ2v) is 8.08. The molecule has 0 saturated carbocycles. The van der Waals surface area contributed by atoms with E-state index in [0.717, 1.165) is 5.25 Å². The largest absolute Gasteiger partial charge is 0.159 e. The van der Waals surface area contributed by atoms with Gasteiger partial charge in [-0.1, -0.05) is 51.3 Å². The molecule has 0 aliphatic heterocycles. The first-order valence-electron chi connectivity index (χ1n) is 8.48. The van der Waals surface area contributed by atoms with Gasteiger partial charge in [0.05, 0.1) is 0 Å². The van der Waals surface area contributed by atoms with Gasteiger partial charge < -0.3 is 0 Å². The van der Waals surface area contributed by atoms with Gasteiger partial charge in [-0.15, -0.1) is 0 Å². The molecular weight excluding hydrogens is 260 g/mol. The van der Waals surface area contributed by atoms with Gasteiger partial charge in [-0.05, 0) is 66.2 Å². The lowest BCUT2D eigenvalue weighted by Crippen LogP contribution is -1.91. The summed E-state index contributed by atoms with van der Waals surface area (Å²) >= 11 is 2.10. The van der Waals surface area contributed by atoms with Crippen LogP contribution in [0.4, 0.5) is 0 Å². The molecule has 112 valence electrons. The van der Waals surface area contributed by atoms with E-state index in [0.29, 0.717) is 0 Å². The molecule has 0 N–H and O–H groups in total. The van der Waals surface area contributed by atoms with Crippen molar-refractivity contribution in [2.75, 3.05) is 5.75 Å². The minimum absolute atomic E-state index is 0.801. The molecule has 1 aromatic carbocycles. The molecule has 0 heterocycles. The van der Waals surface area contributed by atoms with Gasteiger partial charge in [-0.2, -0.15) is 11.8 Å². The summed E-state index contributed by atoms with van der Waals surface area (Å²) in [5.74, 6) is 1.35. The second-order valence-electron chi connectivity index (χ2n) is 6.39. The molecule has 20 heavy (non-hydrogen) atoms. The molecule has 0 nitrogen and oxygen atoms in total. The highest BCUT2D eigenvalue weighted by atomic mass is 32.2. The van der Waals surface area contributed by atoms with E-state index in [-0.39, 0.29) is 0 Å². The lowest BCUT2D eigenvalue weighted by atomic mass is 10.0. The molecule has 1 aliphatic carbocycles. The molecule has 2 rings (SSSR count). The smallest absolute Gasteiger partial charge is 0.000968 e. The number of unbranched alkanes of at least 4 members (excludes halogenated alkanes) is 4. The summed E-state index contributed by atoms with van der Waals surface area (Å²) in [4.78, 5) is 0. The van der Waals surface area contributed by atoms with Gasteiger partial charge in [0.2, 0.25) is 0 Å². The highest BCUT2D eigenvalue weighted by Gasteiger charge is 2.10. The lowest BCUT2D eigenvalue weighted by molar-refractivity contribution is 0.634. The summed E-state index contributed by atoms with van der Waals surface area (Å²) in [5.41, 5.74) is 4.81. The standard InChI is InChI=1S/C19H30S/c1-16(2)20-14-7-5-3-4-6-9-17-12-13-18-10-8-11-19(18)15-17/h12-13,15-16H,3-11,14H2,1-2H3. The van der Waals surface area contributed by atoms with Crippen molar-refractivity contribution in [3.8, 4) is 0 Å². The third kappa shape index (κ3) is 5.52. The van der Waals surface area contributed by atoms with Crippen LogP contribution in [0.2, 0.25) is 0 Å². The molecule has 0 spiro atoms. The van der Waals surface area contributed by atoms with Crippen LogP contribution in [-0.2, 0) is 19.3 Å². The average Bonchev–Trinajstić information content (AvgIpc) is 2.89. The van der Waals surface area contributed by atoms with Crippen LogP contribution in [0, 0.1) is 0 Å². The van der Waals surface area contributed by atoms with Crippen molar-refractivity contribution in [3.05, 3.63) is 34.9 Å². The molecule has 0 unspecified atom stereocenters. The van der Waals surface area contributed by atoms with Gasteiger partial charge >= 0.3 is 0 Å². The quantitative estimate of drug-likeness (QED) is 0.517. The summed E-state index contributed by atoms with van der Waals surface area (Å²) in [6, 6.07) is 7.21. The van der Waals surface area contributed by atoms with Crippen LogP contribution < -0.4 is 0 Å². The Kier molecular flexibility index (Phi) is 6.99. The molecule has 1 aromatic rings. The van der Waals surface area contributed by atoms with Crippen molar-refractivity contribution in [2.24, 2.45) is 0 Å². The van der Waals surface area contributed by atoms with E-state index >= 15 is 0 Å². The fourth-order valence-electron chi connectivity index (χ4n) is 3.06. The maximum atomic E-state index is 2.47. The minimum atomic E-state index is 0.801. The third-order valence-electron chi connectivity index (χ3n) is 4.22. The Morgan fingerprint density at radius 2 is 1.70 bits per heavy atom. The van der Waals surface area contributed by atoms with Crippen molar-refractivity contribution in [2.45, 2.75) is 76.9 Å². The van der Waals surface area contributed by atoms with Crippen molar-refractivity contribution < 1.29 is 0 Å². The fourth-order valence-corrected chi connectivity index (χ4v) is 3.90.